The Hall–Kier alpha value is -1.67. The van der Waals surface area contributed by atoms with E-state index in [1.165, 1.54) is 12.8 Å². The van der Waals surface area contributed by atoms with Crippen molar-refractivity contribution in [3.8, 4) is 0 Å². The van der Waals surface area contributed by atoms with Crippen LogP contribution in [0.1, 0.15) is 50.4 Å². The van der Waals surface area contributed by atoms with Crippen LogP contribution in [0.15, 0.2) is 4.42 Å². The van der Waals surface area contributed by atoms with Gasteiger partial charge in [0.2, 0.25) is 11.8 Å². The minimum Gasteiger partial charge on any atom is -0.422 e. The fourth-order valence-corrected chi connectivity index (χ4v) is 3.78. The summed E-state index contributed by atoms with van der Waals surface area (Å²) in [7, 11) is 0. The van der Waals surface area contributed by atoms with Crippen LogP contribution >= 0.6 is 0 Å². The van der Waals surface area contributed by atoms with Crippen LogP contribution in [0.5, 0.6) is 0 Å². The Morgan fingerprint density at radius 2 is 2.00 bits per heavy atom. The second kappa shape index (κ2) is 5.76. The van der Waals surface area contributed by atoms with Gasteiger partial charge in [0.15, 0.2) is 0 Å². The topological polar surface area (TPSA) is 85.9 Å². The molecule has 0 saturated carbocycles. The first kappa shape index (κ1) is 14.9. The van der Waals surface area contributed by atoms with E-state index in [-0.39, 0.29) is 18.1 Å². The molecule has 4 heterocycles. The molecule has 3 aliphatic heterocycles. The van der Waals surface area contributed by atoms with Crippen LogP contribution in [0.2, 0.25) is 0 Å². The predicted molar refractivity (Wildman–Crippen MR) is 79.5 cm³/mol. The molecule has 8 heteroatoms. The minimum absolute atomic E-state index is 0.100. The maximum Gasteiger partial charge on any atom is 0.344 e. The lowest BCUT2D eigenvalue weighted by molar-refractivity contribution is -0.0584. The molecule has 2 atom stereocenters. The Labute approximate surface area is 135 Å². The predicted octanol–water partition coefficient (Wildman–Crippen LogP) is 1.63. The van der Waals surface area contributed by atoms with Gasteiger partial charge in [-0.2, -0.15) is 0 Å². The number of carbonyl (C=O) groups excluding carboxylic acids is 1. The maximum atomic E-state index is 12.0. The number of likely N-dealkylation sites (tertiary alicyclic amines) is 1. The van der Waals surface area contributed by atoms with E-state index in [1.807, 2.05) is 0 Å². The lowest BCUT2D eigenvalue weighted by atomic mass is 9.99. The van der Waals surface area contributed by atoms with Gasteiger partial charge in [-0.15, -0.1) is 10.2 Å². The fraction of sp³-hybridized carbons (Fsp3) is 0.800. The third kappa shape index (κ3) is 2.70. The molecule has 0 aromatic carbocycles. The van der Waals surface area contributed by atoms with Gasteiger partial charge in [0.05, 0.1) is 12.6 Å². The normalized spacial score (nSPS) is 29.6. The van der Waals surface area contributed by atoms with E-state index in [0.29, 0.717) is 24.9 Å². The number of fused-ring (bicyclic) bond motifs is 2. The summed E-state index contributed by atoms with van der Waals surface area (Å²) >= 11 is 0. The van der Waals surface area contributed by atoms with Crippen molar-refractivity contribution in [3.63, 3.8) is 0 Å². The Morgan fingerprint density at radius 3 is 2.78 bits per heavy atom. The highest BCUT2D eigenvalue weighted by atomic mass is 16.5. The molecule has 126 valence electrons. The first-order chi connectivity index (χ1) is 11.1. The number of carbonyl (C=O) groups is 1. The number of urea groups is 1. The minimum atomic E-state index is -0.359. The quantitative estimate of drug-likeness (QED) is 0.852. The van der Waals surface area contributed by atoms with Crippen LogP contribution in [0.25, 0.3) is 0 Å². The van der Waals surface area contributed by atoms with Crippen molar-refractivity contribution in [1.82, 2.24) is 25.1 Å². The molecule has 0 radical (unpaired) electrons. The average molecular weight is 321 g/mol. The first-order valence-electron chi connectivity index (χ1n) is 8.45. The third-order valence-corrected chi connectivity index (χ3v) is 5.35. The van der Waals surface area contributed by atoms with E-state index in [1.54, 1.807) is 4.90 Å². The molecule has 1 aromatic rings. The monoisotopic (exact) mass is 321 g/mol. The van der Waals surface area contributed by atoms with Crippen LogP contribution in [0, 0.1) is 5.92 Å². The van der Waals surface area contributed by atoms with Crippen LogP contribution in [-0.2, 0) is 6.54 Å². The molecular weight excluding hydrogens is 298 g/mol. The summed E-state index contributed by atoms with van der Waals surface area (Å²) in [6.45, 7) is 5.62. The van der Waals surface area contributed by atoms with E-state index < -0.39 is 0 Å². The molecule has 1 N–H and O–H groups in total. The molecule has 3 saturated heterocycles. The Bertz CT molecular complexity index is 583. The van der Waals surface area contributed by atoms with Gasteiger partial charge in [0, 0.05) is 6.54 Å². The van der Waals surface area contributed by atoms with Crippen LogP contribution in [-0.4, -0.2) is 62.0 Å². The highest BCUT2D eigenvalue weighted by molar-refractivity contribution is 5.76. The fourth-order valence-electron chi connectivity index (χ4n) is 3.78. The number of amides is 2. The zero-order valence-electron chi connectivity index (χ0n) is 13.4. The summed E-state index contributed by atoms with van der Waals surface area (Å²) < 4.78 is 5.83. The molecule has 4 rings (SSSR count). The van der Waals surface area contributed by atoms with Crippen molar-refractivity contribution in [2.24, 2.45) is 5.92 Å². The molecule has 3 fully saturated rings. The number of hydrogen-bond donors (Lipinski definition) is 1. The van der Waals surface area contributed by atoms with Crippen molar-refractivity contribution in [2.75, 3.05) is 19.6 Å². The molecule has 1 aromatic heterocycles. The van der Waals surface area contributed by atoms with Gasteiger partial charge >= 0.3 is 6.03 Å². The molecule has 2 bridgehead atoms. The summed E-state index contributed by atoms with van der Waals surface area (Å²) in [6.07, 6.45) is 3.92. The number of hydrogen-bond acceptors (Lipinski definition) is 6. The third-order valence-electron chi connectivity index (χ3n) is 5.35. The SMILES string of the molecule is CC1CCN(Cc2nnc([C@@H]3CC[C@@H]4CN3C(=O)N4O)o2)CC1. The molecule has 2 amide bonds. The Kier molecular flexibility index (Phi) is 3.73. The van der Waals surface area contributed by atoms with Crippen molar-refractivity contribution < 1.29 is 14.4 Å². The number of aromatic nitrogens is 2. The van der Waals surface area contributed by atoms with Gasteiger partial charge in [-0.05, 0) is 44.7 Å². The number of nitrogens with zero attached hydrogens (tertiary/aromatic N) is 5. The van der Waals surface area contributed by atoms with Crippen molar-refractivity contribution in [1.29, 1.82) is 0 Å². The van der Waals surface area contributed by atoms with Gasteiger partial charge in [0.1, 0.15) is 6.04 Å². The summed E-state index contributed by atoms with van der Waals surface area (Å²) in [5.74, 6) is 1.90. The van der Waals surface area contributed by atoms with Crippen LogP contribution in [0.4, 0.5) is 4.79 Å². The lowest BCUT2D eigenvalue weighted by Crippen LogP contribution is -2.34. The summed E-state index contributed by atoms with van der Waals surface area (Å²) in [5, 5.41) is 18.9. The summed E-state index contributed by atoms with van der Waals surface area (Å²) in [4.78, 5) is 16.0. The van der Waals surface area contributed by atoms with Gasteiger partial charge in [-0.3, -0.25) is 10.1 Å². The molecule has 8 nitrogen and oxygen atoms in total. The first-order valence-corrected chi connectivity index (χ1v) is 8.45. The van der Waals surface area contributed by atoms with Crippen molar-refractivity contribution in [2.45, 2.75) is 51.2 Å². The number of rotatable bonds is 3. The molecule has 0 unspecified atom stereocenters. The highest BCUT2D eigenvalue weighted by Crippen LogP contribution is 2.37. The summed E-state index contributed by atoms with van der Waals surface area (Å²) in [6, 6.07) is -0.669. The van der Waals surface area contributed by atoms with Gasteiger partial charge in [0.25, 0.3) is 0 Å². The molecule has 0 aliphatic carbocycles. The maximum absolute atomic E-state index is 12.0. The van der Waals surface area contributed by atoms with E-state index in [9.17, 15) is 10.0 Å². The van der Waals surface area contributed by atoms with Gasteiger partial charge < -0.3 is 9.32 Å². The van der Waals surface area contributed by atoms with Crippen molar-refractivity contribution >= 4 is 6.03 Å². The number of hydroxylamine groups is 2. The second-order valence-electron chi connectivity index (χ2n) is 7.02. The largest absolute Gasteiger partial charge is 0.422 e. The van der Waals surface area contributed by atoms with Gasteiger partial charge in [-0.25, -0.2) is 9.86 Å². The van der Waals surface area contributed by atoms with Crippen molar-refractivity contribution in [3.05, 3.63) is 11.8 Å². The Morgan fingerprint density at radius 1 is 1.22 bits per heavy atom. The molecular formula is C15H23N5O3. The lowest BCUT2D eigenvalue weighted by Gasteiger charge is -2.29. The molecule has 0 spiro atoms. The molecule has 23 heavy (non-hydrogen) atoms. The zero-order valence-corrected chi connectivity index (χ0v) is 13.4. The molecule has 3 aliphatic rings. The van der Waals surface area contributed by atoms with Gasteiger partial charge in [-0.1, -0.05) is 6.92 Å². The number of piperidine rings is 2. The van der Waals surface area contributed by atoms with E-state index in [4.69, 9.17) is 4.42 Å². The highest BCUT2D eigenvalue weighted by Gasteiger charge is 2.46. The summed E-state index contributed by atoms with van der Waals surface area (Å²) in [5.41, 5.74) is 0. The van der Waals surface area contributed by atoms with Crippen LogP contribution < -0.4 is 0 Å². The standard InChI is InChI=1S/C15H23N5O3/c1-10-4-6-18(7-5-10)9-13-16-17-14(23-13)12-3-2-11-8-19(12)15(21)20(11)22/h10-12,22H,2-9H2,1H3/t11-,12+/m1/s1. The van der Waals surface area contributed by atoms with Crippen LogP contribution in [0.3, 0.4) is 0 Å². The van der Waals surface area contributed by atoms with E-state index in [2.05, 4.69) is 22.0 Å². The Balaban J connectivity index is 1.43. The smallest absolute Gasteiger partial charge is 0.344 e. The van der Waals surface area contributed by atoms with E-state index in [0.717, 1.165) is 36.9 Å². The van der Waals surface area contributed by atoms with E-state index >= 15 is 0 Å². The second-order valence-corrected chi connectivity index (χ2v) is 7.02. The zero-order chi connectivity index (χ0) is 16.0. The average Bonchev–Trinajstić information content (AvgIpc) is 3.10.